The Labute approximate surface area is 250 Å². The lowest BCUT2D eigenvalue weighted by Gasteiger charge is -2.28. The van der Waals surface area contributed by atoms with Crippen LogP contribution in [0.5, 0.6) is 5.75 Å². The van der Waals surface area contributed by atoms with Crippen molar-refractivity contribution in [1.29, 1.82) is 0 Å². The summed E-state index contributed by atoms with van der Waals surface area (Å²) in [7, 11) is 1.60. The summed E-state index contributed by atoms with van der Waals surface area (Å²) in [4.78, 5) is 66.3. The van der Waals surface area contributed by atoms with Gasteiger partial charge in [0.1, 0.15) is 5.75 Å². The number of carbonyl (C=O) groups is 6. The number of nitrogens with one attached hydrogen (secondary N) is 2. The van der Waals surface area contributed by atoms with Gasteiger partial charge in [-0.15, -0.1) is 0 Å². The van der Waals surface area contributed by atoms with Crippen molar-refractivity contribution in [1.82, 2.24) is 15.5 Å². The van der Waals surface area contributed by atoms with E-state index in [2.05, 4.69) is 42.5 Å². The zero-order valence-corrected chi connectivity index (χ0v) is 25.6. The minimum atomic E-state index is -0.242. The number of imide groups is 3. The van der Waals surface area contributed by atoms with Gasteiger partial charge in [-0.3, -0.25) is 44.3 Å². The van der Waals surface area contributed by atoms with E-state index in [4.69, 9.17) is 9.47 Å². The van der Waals surface area contributed by atoms with Crippen LogP contribution < -0.4 is 15.4 Å². The second-order valence-corrected chi connectivity index (χ2v) is 11.4. The molecule has 0 saturated carbocycles. The number of hydrogen-bond acceptors (Lipinski definition) is 8. The molecule has 1 aromatic carbocycles. The van der Waals surface area contributed by atoms with Gasteiger partial charge >= 0.3 is 0 Å². The quantitative estimate of drug-likeness (QED) is 0.364. The number of amides is 6. The van der Waals surface area contributed by atoms with Crippen LogP contribution >= 0.6 is 31.9 Å². The summed E-state index contributed by atoms with van der Waals surface area (Å²) < 4.78 is 10.0. The average Bonchev–Trinajstić information content (AvgIpc) is 3.53. The van der Waals surface area contributed by atoms with Gasteiger partial charge in [-0.05, 0) is 49.8 Å². The monoisotopic (exact) mass is 687 g/mol. The highest BCUT2D eigenvalue weighted by Crippen LogP contribution is 2.22. The Morgan fingerprint density at radius 3 is 1.82 bits per heavy atom. The van der Waals surface area contributed by atoms with Gasteiger partial charge in [0.05, 0.1) is 23.3 Å². The summed E-state index contributed by atoms with van der Waals surface area (Å²) in [6.07, 6.45) is 6.34. The second kappa shape index (κ2) is 17.9. The molecule has 0 spiro atoms. The first-order valence-corrected chi connectivity index (χ1v) is 14.9. The predicted molar refractivity (Wildman–Crippen MR) is 153 cm³/mol. The van der Waals surface area contributed by atoms with E-state index >= 15 is 0 Å². The molecular formula is C27H35Br2N3O8. The van der Waals surface area contributed by atoms with E-state index < -0.39 is 0 Å². The molecule has 2 unspecified atom stereocenters. The Kier molecular flexibility index (Phi) is 15.0. The zero-order valence-electron chi connectivity index (χ0n) is 22.4. The van der Waals surface area contributed by atoms with E-state index in [1.807, 2.05) is 24.3 Å². The molecule has 11 nitrogen and oxygen atoms in total. The van der Waals surface area contributed by atoms with Gasteiger partial charge in [-0.1, -0.05) is 44.0 Å². The molecule has 4 aliphatic rings. The van der Waals surface area contributed by atoms with Crippen LogP contribution in [0.15, 0.2) is 24.3 Å². The van der Waals surface area contributed by atoms with Crippen molar-refractivity contribution in [3.05, 3.63) is 29.8 Å². The molecule has 4 aliphatic heterocycles. The van der Waals surface area contributed by atoms with Crippen LogP contribution in [0.25, 0.3) is 0 Å². The van der Waals surface area contributed by atoms with Crippen LogP contribution in [0.3, 0.4) is 0 Å². The molecule has 0 radical (unpaired) electrons. The number of piperidine rings is 3. The van der Waals surface area contributed by atoms with Crippen LogP contribution in [0.1, 0.15) is 63.4 Å². The first-order chi connectivity index (χ1) is 19.1. The number of methoxy groups -OCH3 is 1. The molecule has 4 saturated heterocycles. The largest absolute Gasteiger partial charge is 0.497 e. The SMILES string of the molecule is C1CCOC1.COc1ccc(CN2C(=O)CCC(Br)C2=O)cc1.O=C1CCC(Br)C(=O)N1.O=C1CCCC(=O)N1. The number of halogens is 2. The van der Waals surface area contributed by atoms with Crippen molar-refractivity contribution in [2.24, 2.45) is 0 Å². The van der Waals surface area contributed by atoms with Crippen LogP contribution in [-0.4, -0.2) is 70.3 Å². The minimum Gasteiger partial charge on any atom is -0.497 e. The Morgan fingerprint density at radius 2 is 1.38 bits per heavy atom. The third-order valence-corrected chi connectivity index (χ3v) is 7.76. The Bertz CT molecular complexity index is 1030. The number of hydrogen-bond donors (Lipinski definition) is 2. The van der Waals surface area contributed by atoms with Crippen molar-refractivity contribution >= 4 is 67.3 Å². The smallest absolute Gasteiger partial charge is 0.243 e. The fourth-order valence-corrected chi connectivity index (χ4v) is 4.57. The maximum Gasteiger partial charge on any atom is 0.243 e. The standard InChI is InChI=1S/C13H14BrNO3.C5H6BrNO2.C5H7NO2.C4H8O/c1-18-10-4-2-9(3-5-10)8-15-12(16)7-6-11(14)13(15)17;6-3-1-2-4(8)7-5(3)9;7-4-2-1-3-5(8)6-4;1-2-4-5-3-1/h2-5,11H,6-8H2,1H3;3H,1-2H2,(H,7,8,9);1-3H2,(H,6,7,8);1-4H2. The zero-order chi connectivity index (χ0) is 29.5. The van der Waals surface area contributed by atoms with Crippen LogP contribution in [0, 0.1) is 0 Å². The molecule has 0 bridgehead atoms. The van der Waals surface area contributed by atoms with Gasteiger partial charge < -0.3 is 9.47 Å². The Hall–Kier alpha value is -2.64. The van der Waals surface area contributed by atoms with Crippen molar-refractivity contribution in [2.75, 3.05) is 20.3 Å². The Balaban J connectivity index is 0.000000211. The van der Waals surface area contributed by atoms with Crippen LogP contribution in [-0.2, 0) is 40.0 Å². The van der Waals surface area contributed by atoms with E-state index in [9.17, 15) is 28.8 Å². The van der Waals surface area contributed by atoms with Crippen molar-refractivity contribution in [3.63, 3.8) is 0 Å². The van der Waals surface area contributed by atoms with E-state index in [0.29, 0.717) is 51.5 Å². The van der Waals surface area contributed by atoms with Gasteiger partial charge in [-0.25, -0.2) is 0 Å². The highest BCUT2D eigenvalue weighted by Gasteiger charge is 2.32. The van der Waals surface area contributed by atoms with E-state index in [1.165, 1.54) is 17.7 Å². The van der Waals surface area contributed by atoms with Gasteiger partial charge in [-0.2, -0.15) is 0 Å². The van der Waals surface area contributed by atoms with Crippen molar-refractivity contribution in [3.8, 4) is 5.75 Å². The molecule has 0 aliphatic carbocycles. The van der Waals surface area contributed by atoms with Gasteiger partial charge in [0, 0.05) is 38.9 Å². The maximum atomic E-state index is 11.9. The molecule has 5 rings (SSSR count). The van der Waals surface area contributed by atoms with Gasteiger partial charge in [0.15, 0.2) is 0 Å². The van der Waals surface area contributed by atoms with E-state index in [-0.39, 0.29) is 45.1 Å². The number of alkyl halides is 2. The van der Waals surface area contributed by atoms with Crippen molar-refractivity contribution < 1.29 is 38.2 Å². The highest BCUT2D eigenvalue weighted by molar-refractivity contribution is 9.10. The molecule has 220 valence electrons. The van der Waals surface area contributed by atoms with E-state index in [1.54, 1.807) is 7.11 Å². The summed E-state index contributed by atoms with van der Waals surface area (Å²) in [5.74, 6) is -0.161. The second-order valence-electron chi connectivity index (χ2n) is 9.24. The summed E-state index contributed by atoms with van der Waals surface area (Å²) in [6.45, 7) is 2.32. The maximum absolute atomic E-state index is 11.9. The minimum absolute atomic E-state index is 0.105. The number of nitrogens with zero attached hydrogens (tertiary/aromatic N) is 1. The number of carbonyl (C=O) groups excluding carboxylic acids is 6. The van der Waals surface area contributed by atoms with E-state index in [0.717, 1.165) is 24.5 Å². The average molecular weight is 689 g/mol. The highest BCUT2D eigenvalue weighted by atomic mass is 79.9. The lowest BCUT2D eigenvalue weighted by Crippen LogP contribution is -2.44. The Morgan fingerprint density at radius 1 is 0.800 bits per heavy atom. The normalized spacial score (nSPS) is 22.4. The lowest BCUT2D eigenvalue weighted by atomic mass is 10.1. The number of benzene rings is 1. The molecule has 4 fully saturated rings. The fraction of sp³-hybridized carbons (Fsp3) is 0.556. The molecular weight excluding hydrogens is 654 g/mol. The number of likely N-dealkylation sites (tertiary alicyclic amines) is 1. The van der Waals surface area contributed by atoms with Crippen LogP contribution in [0.4, 0.5) is 0 Å². The first-order valence-electron chi connectivity index (χ1n) is 13.1. The van der Waals surface area contributed by atoms with Crippen molar-refractivity contribution in [2.45, 2.75) is 74.0 Å². The molecule has 13 heteroatoms. The molecule has 6 amide bonds. The molecule has 2 N–H and O–H groups in total. The summed E-state index contributed by atoms with van der Waals surface area (Å²) >= 11 is 6.41. The topological polar surface area (TPSA) is 148 Å². The van der Waals surface area contributed by atoms with Crippen LogP contribution in [0.2, 0.25) is 0 Å². The molecule has 4 heterocycles. The first kappa shape index (κ1) is 33.6. The molecule has 1 aromatic rings. The van der Waals surface area contributed by atoms with Gasteiger partial charge in [0.25, 0.3) is 0 Å². The lowest BCUT2D eigenvalue weighted by molar-refractivity contribution is -0.148. The molecule has 2 atom stereocenters. The summed E-state index contributed by atoms with van der Waals surface area (Å²) in [6, 6.07) is 7.36. The molecule has 40 heavy (non-hydrogen) atoms. The number of rotatable bonds is 3. The summed E-state index contributed by atoms with van der Waals surface area (Å²) in [5.41, 5.74) is 0.916. The number of ether oxygens (including phenoxy) is 2. The molecule has 0 aromatic heterocycles. The third kappa shape index (κ3) is 12.3. The predicted octanol–water partition coefficient (Wildman–Crippen LogP) is 2.90. The summed E-state index contributed by atoms with van der Waals surface area (Å²) in [5, 5.41) is 4.41. The fourth-order valence-electron chi connectivity index (χ4n) is 3.75. The third-order valence-electron chi connectivity index (χ3n) is 6.03. The van der Waals surface area contributed by atoms with Gasteiger partial charge in [0.2, 0.25) is 35.4 Å².